The van der Waals surface area contributed by atoms with Gasteiger partial charge in [0.2, 0.25) is 0 Å². The molecule has 0 unspecified atom stereocenters. The van der Waals surface area contributed by atoms with Gasteiger partial charge in [0.1, 0.15) is 0 Å². The molecule has 122 valence electrons. The molecule has 0 aromatic carbocycles. The van der Waals surface area contributed by atoms with Gasteiger partial charge in [0, 0.05) is 37.8 Å². The second-order valence-corrected chi connectivity index (χ2v) is 7.12. The number of rotatable bonds is 3. The van der Waals surface area contributed by atoms with E-state index in [9.17, 15) is 5.11 Å². The van der Waals surface area contributed by atoms with Gasteiger partial charge in [-0.05, 0) is 12.8 Å². The van der Waals surface area contributed by atoms with Crippen LogP contribution in [0.2, 0.25) is 0 Å². The van der Waals surface area contributed by atoms with Crippen molar-refractivity contribution in [2.24, 2.45) is 10.7 Å². The summed E-state index contributed by atoms with van der Waals surface area (Å²) in [5, 5.41) is 13.6. The summed E-state index contributed by atoms with van der Waals surface area (Å²) in [6.45, 7) is 3.97. The highest BCUT2D eigenvalue weighted by Gasteiger charge is 2.29. The normalized spacial score (nSPS) is 22.9. The second kappa shape index (κ2) is 6.83. The molecule has 2 fully saturated rings. The van der Waals surface area contributed by atoms with Crippen LogP contribution >= 0.6 is 11.3 Å². The number of hydrogen-bond donors (Lipinski definition) is 2. The van der Waals surface area contributed by atoms with Crippen LogP contribution in [0.3, 0.4) is 0 Å². The number of piperazine rings is 1. The van der Waals surface area contributed by atoms with E-state index < -0.39 is 5.60 Å². The standard InChI is InChI=1S/C15H25N5OS/c16-13(18-12-15(21)4-2-1-3-5-15)19-7-9-20(10-8-19)14-17-6-11-22-14/h6,11,21H,1-5,7-10,12H2,(H2,16,18). The quantitative estimate of drug-likeness (QED) is 0.647. The lowest BCUT2D eigenvalue weighted by Crippen LogP contribution is -2.51. The van der Waals surface area contributed by atoms with Gasteiger partial charge in [-0.25, -0.2) is 4.98 Å². The first-order chi connectivity index (χ1) is 10.7. The largest absolute Gasteiger partial charge is 0.388 e. The van der Waals surface area contributed by atoms with Crippen LogP contribution in [0.15, 0.2) is 16.6 Å². The van der Waals surface area contributed by atoms with E-state index >= 15 is 0 Å². The Balaban J connectivity index is 1.50. The monoisotopic (exact) mass is 323 g/mol. The van der Waals surface area contributed by atoms with Crippen LogP contribution in [0.25, 0.3) is 0 Å². The second-order valence-electron chi connectivity index (χ2n) is 6.25. The van der Waals surface area contributed by atoms with E-state index in [1.807, 2.05) is 11.6 Å². The van der Waals surface area contributed by atoms with Crippen LogP contribution in [-0.4, -0.2) is 59.3 Å². The summed E-state index contributed by atoms with van der Waals surface area (Å²) in [5.41, 5.74) is 5.49. The summed E-state index contributed by atoms with van der Waals surface area (Å²) in [6, 6.07) is 0. The van der Waals surface area contributed by atoms with Crippen molar-refractivity contribution in [1.29, 1.82) is 0 Å². The fraction of sp³-hybridized carbons (Fsp3) is 0.733. The maximum absolute atomic E-state index is 10.5. The zero-order valence-corrected chi connectivity index (χ0v) is 13.8. The maximum atomic E-state index is 10.5. The molecular weight excluding hydrogens is 298 g/mol. The van der Waals surface area contributed by atoms with E-state index in [1.54, 1.807) is 11.3 Å². The highest BCUT2D eigenvalue weighted by molar-refractivity contribution is 7.13. The van der Waals surface area contributed by atoms with Crippen molar-refractivity contribution >= 4 is 22.4 Å². The molecule has 0 bridgehead atoms. The number of nitrogens with two attached hydrogens (primary N) is 1. The van der Waals surface area contributed by atoms with Crippen molar-refractivity contribution in [2.45, 2.75) is 37.7 Å². The number of aliphatic hydroxyl groups is 1. The minimum atomic E-state index is -0.633. The highest BCUT2D eigenvalue weighted by Crippen LogP contribution is 2.28. The Morgan fingerprint density at radius 2 is 2.00 bits per heavy atom. The van der Waals surface area contributed by atoms with Crippen LogP contribution in [0, 0.1) is 0 Å². The topological polar surface area (TPSA) is 78.0 Å². The number of hydrogen-bond acceptors (Lipinski definition) is 5. The number of nitrogens with zero attached hydrogens (tertiary/aromatic N) is 4. The van der Waals surface area contributed by atoms with Gasteiger partial charge >= 0.3 is 0 Å². The minimum absolute atomic E-state index is 0.436. The number of aliphatic imine (C=N–C) groups is 1. The fourth-order valence-electron chi connectivity index (χ4n) is 3.20. The molecule has 1 aliphatic heterocycles. The van der Waals surface area contributed by atoms with E-state index in [1.165, 1.54) is 6.42 Å². The summed E-state index contributed by atoms with van der Waals surface area (Å²) in [5.74, 6) is 0.567. The molecule has 0 atom stereocenters. The van der Waals surface area contributed by atoms with Crippen LogP contribution in [0.5, 0.6) is 0 Å². The molecule has 1 aromatic rings. The van der Waals surface area contributed by atoms with Gasteiger partial charge in [-0.3, -0.25) is 4.99 Å². The van der Waals surface area contributed by atoms with E-state index in [0.717, 1.165) is 57.0 Å². The van der Waals surface area contributed by atoms with Gasteiger partial charge < -0.3 is 20.6 Å². The van der Waals surface area contributed by atoms with Crippen LogP contribution < -0.4 is 10.6 Å². The van der Waals surface area contributed by atoms with Gasteiger partial charge in [0.15, 0.2) is 11.1 Å². The Labute approximate surface area is 135 Å². The first kappa shape index (κ1) is 15.6. The average Bonchev–Trinajstić information content (AvgIpc) is 3.08. The molecule has 3 rings (SSSR count). The zero-order chi connectivity index (χ0) is 15.4. The maximum Gasteiger partial charge on any atom is 0.191 e. The van der Waals surface area contributed by atoms with Crippen LogP contribution in [0.4, 0.5) is 5.13 Å². The number of aromatic nitrogens is 1. The van der Waals surface area contributed by atoms with Gasteiger partial charge in [-0.2, -0.15) is 0 Å². The summed E-state index contributed by atoms with van der Waals surface area (Å²) in [6.07, 6.45) is 6.95. The molecule has 22 heavy (non-hydrogen) atoms. The van der Waals surface area contributed by atoms with Gasteiger partial charge in [-0.15, -0.1) is 11.3 Å². The Kier molecular flexibility index (Phi) is 4.83. The third kappa shape index (κ3) is 3.70. The van der Waals surface area contributed by atoms with Crippen molar-refractivity contribution in [3.05, 3.63) is 11.6 Å². The molecule has 0 radical (unpaired) electrons. The predicted molar refractivity (Wildman–Crippen MR) is 90.4 cm³/mol. The Hall–Kier alpha value is -1.34. The molecule has 6 nitrogen and oxygen atoms in total. The Bertz CT molecular complexity index is 490. The summed E-state index contributed by atoms with van der Waals surface area (Å²) < 4.78 is 0. The number of anilines is 1. The predicted octanol–water partition coefficient (Wildman–Crippen LogP) is 1.27. The lowest BCUT2D eigenvalue weighted by molar-refractivity contribution is 0.0130. The number of guanidine groups is 1. The van der Waals surface area contributed by atoms with E-state index in [0.29, 0.717) is 12.5 Å². The van der Waals surface area contributed by atoms with Gasteiger partial charge in [0.05, 0.1) is 12.1 Å². The third-order valence-corrected chi connectivity index (χ3v) is 5.45. The summed E-state index contributed by atoms with van der Waals surface area (Å²) >= 11 is 1.67. The summed E-state index contributed by atoms with van der Waals surface area (Å²) in [4.78, 5) is 13.2. The average molecular weight is 323 g/mol. The first-order valence-corrected chi connectivity index (χ1v) is 8.96. The minimum Gasteiger partial charge on any atom is -0.388 e. The van der Waals surface area contributed by atoms with Crippen molar-refractivity contribution < 1.29 is 5.11 Å². The highest BCUT2D eigenvalue weighted by atomic mass is 32.1. The molecule has 2 heterocycles. The smallest absolute Gasteiger partial charge is 0.191 e. The Morgan fingerprint density at radius 3 is 2.64 bits per heavy atom. The van der Waals surface area contributed by atoms with E-state index in [-0.39, 0.29) is 0 Å². The number of thiazole rings is 1. The molecule has 1 aromatic heterocycles. The van der Waals surface area contributed by atoms with Crippen molar-refractivity contribution in [3.8, 4) is 0 Å². The van der Waals surface area contributed by atoms with Crippen molar-refractivity contribution in [3.63, 3.8) is 0 Å². The molecule has 3 N–H and O–H groups in total. The van der Waals surface area contributed by atoms with E-state index in [4.69, 9.17) is 5.73 Å². The van der Waals surface area contributed by atoms with Crippen LogP contribution in [0.1, 0.15) is 32.1 Å². The molecular formula is C15H25N5OS. The Morgan fingerprint density at radius 1 is 1.27 bits per heavy atom. The molecule has 0 spiro atoms. The zero-order valence-electron chi connectivity index (χ0n) is 12.9. The van der Waals surface area contributed by atoms with Gasteiger partial charge in [-0.1, -0.05) is 19.3 Å². The van der Waals surface area contributed by atoms with Crippen molar-refractivity contribution in [1.82, 2.24) is 9.88 Å². The molecule has 1 saturated carbocycles. The molecule has 1 saturated heterocycles. The van der Waals surface area contributed by atoms with Gasteiger partial charge in [0.25, 0.3) is 0 Å². The third-order valence-electron chi connectivity index (χ3n) is 4.61. The van der Waals surface area contributed by atoms with Crippen molar-refractivity contribution in [2.75, 3.05) is 37.6 Å². The molecule has 0 amide bonds. The summed E-state index contributed by atoms with van der Waals surface area (Å²) in [7, 11) is 0. The fourth-order valence-corrected chi connectivity index (χ4v) is 3.89. The molecule has 2 aliphatic rings. The van der Waals surface area contributed by atoms with E-state index in [2.05, 4.69) is 19.8 Å². The SMILES string of the molecule is NC(=NCC1(O)CCCCC1)N1CCN(c2nccs2)CC1. The molecule has 1 aliphatic carbocycles. The molecule has 7 heteroatoms. The van der Waals surface area contributed by atoms with Crippen LogP contribution in [-0.2, 0) is 0 Å². The lowest BCUT2D eigenvalue weighted by Gasteiger charge is -2.36. The lowest BCUT2D eigenvalue weighted by atomic mass is 9.85. The first-order valence-electron chi connectivity index (χ1n) is 8.08.